The van der Waals surface area contributed by atoms with Crippen LogP contribution in [0.15, 0.2) is 33.8 Å². The highest BCUT2D eigenvalue weighted by Gasteiger charge is 2.04. The number of aromatic amines is 1. The maximum atomic E-state index is 12.9. The zero-order chi connectivity index (χ0) is 10.1. The van der Waals surface area contributed by atoms with E-state index in [1.807, 2.05) is 0 Å². The van der Waals surface area contributed by atoms with Crippen molar-refractivity contribution in [2.75, 3.05) is 0 Å². The van der Waals surface area contributed by atoms with Gasteiger partial charge >= 0.3 is 5.69 Å². The predicted molar refractivity (Wildman–Crippen MR) is 51.8 cm³/mol. The summed E-state index contributed by atoms with van der Waals surface area (Å²) >= 11 is 3.04. The first-order chi connectivity index (χ1) is 6.68. The molecule has 0 aliphatic rings. The fraction of sp³-hybridized carbons (Fsp3) is 0. The summed E-state index contributed by atoms with van der Waals surface area (Å²) in [6, 6.07) is 4.28. The van der Waals surface area contributed by atoms with Crippen LogP contribution in [0.5, 0.6) is 0 Å². The van der Waals surface area contributed by atoms with Gasteiger partial charge in [-0.15, -0.1) is 0 Å². The Balaban J connectivity index is 2.59. The molecule has 1 N–H and O–H groups in total. The van der Waals surface area contributed by atoms with Gasteiger partial charge in [-0.1, -0.05) is 0 Å². The monoisotopic (exact) mass is 257 g/mol. The molecule has 2 aromatic rings. The van der Waals surface area contributed by atoms with Gasteiger partial charge in [-0.05, 0) is 34.1 Å². The fourth-order valence-corrected chi connectivity index (χ4v) is 1.43. The van der Waals surface area contributed by atoms with Gasteiger partial charge in [-0.25, -0.2) is 18.9 Å². The maximum Gasteiger partial charge on any atom is 0.347 e. The molecule has 6 heteroatoms. The van der Waals surface area contributed by atoms with Crippen molar-refractivity contribution >= 4 is 15.9 Å². The lowest BCUT2D eigenvalue weighted by atomic mass is 10.3. The number of hydrogen-bond donors (Lipinski definition) is 1. The summed E-state index contributed by atoms with van der Waals surface area (Å²) in [5, 5.41) is 5.82. The van der Waals surface area contributed by atoms with E-state index < -0.39 is 0 Å². The van der Waals surface area contributed by atoms with Crippen LogP contribution in [0.3, 0.4) is 0 Å². The molecule has 0 spiro atoms. The lowest BCUT2D eigenvalue weighted by Gasteiger charge is -2.00. The van der Waals surface area contributed by atoms with Crippen LogP contribution in [0.4, 0.5) is 4.39 Å². The van der Waals surface area contributed by atoms with Crippen molar-refractivity contribution in [3.05, 3.63) is 45.3 Å². The Labute approximate surface area is 86.5 Å². The van der Waals surface area contributed by atoms with Crippen molar-refractivity contribution in [2.45, 2.75) is 0 Å². The summed E-state index contributed by atoms with van der Waals surface area (Å²) in [4.78, 5) is 11.2. The van der Waals surface area contributed by atoms with E-state index in [-0.39, 0.29) is 11.5 Å². The summed E-state index contributed by atoms with van der Waals surface area (Å²) in [5.41, 5.74) is 0.195. The van der Waals surface area contributed by atoms with Crippen LogP contribution in [0.1, 0.15) is 0 Å². The predicted octanol–water partition coefficient (Wildman–Crippen LogP) is 1.46. The second-order valence-electron chi connectivity index (χ2n) is 2.63. The molecular formula is C8H5BrFN3O. The van der Waals surface area contributed by atoms with Gasteiger partial charge in [0.25, 0.3) is 0 Å². The van der Waals surface area contributed by atoms with E-state index in [2.05, 4.69) is 26.1 Å². The molecule has 1 aromatic carbocycles. The molecule has 0 saturated heterocycles. The molecule has 0 fully saturated rings. The molecule has 72 valence electrons. The quantitative estimate of drug-likeness (QED) is 0.841. The molecule has 0 bridgehead atoms. The average molecular weight is 258 g/mol. The van der Waals surface area contributed by atoms with Crippen LogP contribution < -0.4 is 5.69 Å². The van der Waals surface area contributed by atoms with Gasteiger partial charge in [-0.3, -0.25) is 0 Å². The molecule has 14 heavy (non-hydrogen) atoms. The lowest BCUT2D eigenvalue weighted by molar-refractivity contribution is 0.620. The second kappa shape index (κ2) is 3.38. The van der Waals surface area contributed by atoms with Crippen LogP contribution in [0, 0.1) is 5.82 Å². The van der Waals surface area contributed by atoms with Crippen molar-refractivity contribution in [1.29, 1.82) is 0 Å². The Kier molecular flexibility index (Phi) is 2.20. The largest absolute Gasteiger partial charge is 0.347 e. The number of rotatable bonds is 1. The molecule has 0 radical (unpaired) electrons. The third-order valence-electron chi connectivity index (χ3n) is 1.73. The topological polar surface area (TPSA) is 50.7 Å². The minimum atomic E-state index is -0.370. The molecule has 1 heterocycles. The number of hydrogen-bond acceptors (Lipinski definition) is 2. The normalized spacial score (nSPS) is 10.4. The van der Waals surface area contributed by atoms with E-state index in [0.29, 0.717) is 10.2 Å². The summed E-state index contributed by atoms with van der Waals surface area (Å²) in [6.07, 6.45) is 1.34. The number of aromatic nitrogens is 3. The Bertz CT molecular complexity index is 519. The summed E-state index contributed by atoms with van der Waals surface area (Å²) in [7, 11) is 0. The van der Waals surface area contributed by atoms with E-state index in [9.17, 15) is 9.18 Å². The van der Waals surface area contributed by atoms with Crippen LogP contribution in [-0.4, -0.2) is 14.8 Å². The minimum Gasteiger partial charge on any atom is -0.250 e. The smallest absolute Gasteiger partial charge is 0.250 e. The van der Waals surface area contributed by atoms with E-state index in [0.717, 1.165) is 0 Å². The number of nitrogens with one attached hydrogen (secondary N) is 1. The van der Waals surface area contributed by atoms with Gasteiger partial charge in [0, 0.05) is 0 Å². The van der Waals surface area contributed by atoms with Gasteiger partial charge in [0.2, 0.25) is 0 Å². The standard InChI is InChI=1S/C8H5BrFN3O/c9-6-3-5(1-2-7(6)10)13-4-11-12-8(13)14/h1-4H,(H,12,14). The summed E-state index contributed by atoms with van der Waals surface area (Å²) in [6.45, 7) is 0. The molecular weight excluding hydrogens is 253 g/mol. The highest BCUT2D eigenvalue weighted by atomic mass is 79.9. The lowest BCUT2D eigenvalue weighted by Crippen LogP contribution is -2.14. The third-order valence-corrected chi connectivity index (χ3v) is 2.34. The zero-order valence-corrected chi connectivity index (χ0v) is 8.45. The Morgan fingerprint density at radius 1 is 1.50 bits per heavy atom. The molecule has 0 aliphatic carbocycles. The van der Waals surface area contributed by atoms with Crippen LogP contribution in [0.25, 0.3) is 5.69 Å². The first kappa shape index (κ1) is 9.14. The number of H-pyrrole nitrogens is 1. The highest BCUT2D eigenvalue weighted by Crippen LogP contribution is 2.18. The van der Waals surface area contributed by atoms with Gasteiger partial charge in [0.05, 0.1) is 10.2 Å². The van der Waals surface area contributed by atoms with E-state index in [1.54, 1.807) is 0 Å². The average Bonchev–Trinajstić information content (AvgIpc) is 2.57. The summed E-state index contributed by atoms with van der Waals surface area (Å²) in [5.74, 6) is -0.370. The minimum absolute atomic E-state index is 0.308. The number of benzene rings is 1. The zero-order valence-electron chi connectivity index (χ0n) is 6.87. The molecule has 0 amide bonds. The molecule has 0 atom stereocenters. The van der Waals surface area contributed by atoms with Crippen molar-refractivity contribution in [3.8, 4) is 5.69 Å². The van der Waals surface area contributed by atoms with Gasteiger partial charge in [-0.2, -0.15) is 5.10 Å². The summed E-state index contributed by atoms with van der Waals surface area (Å²) < 4.78 is 14.5. The second-order valence-corrected chi connectivity index (χ2v) is 3.48. The Morgan fingerprint density at radius 2 is 2.29 bits per heavy atom. The van der Waals surface area contributed by atoms with Crippen molar-refractivity contribution in [2.24, 2.45) is 0 Å². The van der Waals surface area contributed by atoms with Crippen LogP contribution in [-0.2, 0) is 0 Å². The first-order valence-corrected chi connectivity index (χ1v) is 4.55. The van der Waals surface area contributed by atoms with Crippen LogP contribution >= 0.6 is 15.9 Å². The van der Waals surface area contributed by atoms with Crippen molar-refractivity contribution in [1.82, 2.24) is 14.8 Å². The fourth-order valence-electron chi connectivity index (χ4n) is 1.07. The molecule has 1 aromatic heterocycles. The Morgan fingerprint density at radius 3 is 2.86 bits per heavy atom. The molecule has 0 unspecified atom stereocenters. The molecule has 0 aliphatic heterocycles. The van der Waals surface area contributed by atoms with Crippen molar-refractivity contribution in [3.63, 3.8) is 0 Å². The molecule has 2 rings (SSSR count). The van der Waals surface area contributed by atoms with Gasteiger partial charge in [0.1, 0.15) is 12.1 Å². The first-order valence-electron chi connectivity index (χ1n) is 3.76. The SMILES string of the molecule is O=c1[nH]ncn1-c1ccc(F)c(Br)c1. The highest BCUT2D eigenvalue weighted by molar-refractivity contribution is 9.10. The van der Waals surface area contributed by atoms with Gasteiger partial charge < -0.3 is 0 Å². The van der Waals surface area contributed by atoms with Crippen molar-refractivity contribution < 1.29 is 4.39 Å². The number of nitrogens with zero attached hydrogens (tertiary/aromatic N) is 2. The van der Waals surface area contributed by atoms with Crippen LogP contribution in [0.2, 0.25) is 0 Å². The maximum absolute atomic E-state index is 12.9. The van der Waals surface area contributed by atoms with Gasteiger partial charge in [0.15, 0.2) is 0 Å². The Hall–Kier alpha value is -1.43. The van der Waals surface area contributed by atoms with E-state index in [1.165, 1.54) is 29.1 Å². The molecule has 0 saturated carbocycles. The third kappa shape index (κ3) is 1.48. The van der Waals surface area contributed by atoms with E-state index >= 15 is 0 Å². The van der Waals surface area contributed by atoms with E-state index in [4.69, 9.17) is 0 Å². The molecule has 4 nitrogen and oxygen atoms in total. The number of halogens is 2.